The largest absolute Gasteiger partial charge is 0.468 e. The molecule has 6 heteroatoms. The molecule has 0 heterocycles. The molecular weight excluding hydrogens is 242 g/mol. The lowest BCUT2D eigenvalue weighted by Gasteiger charge is -2.24. The zero-order valence-corrected chi connectivity index (χ0v) is 12.2. The number of methoxy groups -OCH3 is 1. The first-order valence-corrected chi connectivity index (χ1v) is 7.09. The summed E-state index contributed by atoms with van der Waals surface area (Å²) in [6, 6.07) is -0.816. The van der Waals surface area contributed by atoms with Crippen LogP contribution < -0.4 is 4.72 Å². The third kappa shape index (κ3) is 5.04. The van der Waals surface area contributed by atoms with Crippen molar-refractivity contribution in [3.8, 4) is 0 Å². The second kappa shape index (κ2) is 5.82. The Balaban J connectivity index is 4.94. The molecule has 17 heavy (non-hydrogen) atoms. The fourth-order valence-corrected chi connectivity index (χ4v) is 2.09. The lowest BCUT2D eigenvalue weighted by atomic mass is 10.1. The van der Waals surface area contributed by atoms with Crippen molar-refractivity contribution >= 4 is 16.0 Å². The zero-order chi connectivity index (χ0) is 13.9. The maximum atomic E-state index is 11.9. The van der Waals surface area contributed by atoms with Gasteiger partial charge in [0, 0.05) is 0 Å². The highest BCUT2D eigenvalue weighted by atomic mass is 32.2. The number of carbonyl (C=O) groups is 1. The predicted octanol–water partition coefficient (Wildman–Crippen LogP) is 1.29. The molecule has 0 amide bonds. The minimum atomic E-state index is -3.55. The van der Waals surface area contributed by atoms with E-state index in [4.69, 9.17) is 0 Å². The summed E-state index contributed by atoms with van der Waals surface area (Å²) >= 11 is 0. The zero-order valence-electron chi connectivity index (χ0n) is 11.4. The molecule has 0 aromatic heterocycles. The van der Waals surface area contributed by atoms with Gasteiger partial charge in [0.2, 0.25) is 10.0 Å². The average Bonchev–Trinajstić information content (AvgIpc) is 2.12. The number of nitrogens with one attached hydrogen (secondary N) is 1. The van der Waals surface area contributed by atoms with Crippen LogP contribution in [0, 0.1) is 5.92 Å². The highest BCUT2D eigenvalue weighted by Gasteiger charge is 2.34. The van der Waals surface area contributed by atoms with Gasteiger partial charge in [-0.1, -0.05) is 13.8 Å². The molecule has 0 saturated heterocycles. The fraction of sp³-hybridized carbons (Fsp3) is 0.909. The molecule has 1 unspecified atom stereocenters. The molecule has 5 nitrogen and oxygen atoms in total. The number of hydrogen-bond donors (Lipinski definition) is 1. The van der Waals surface area contributed by atoms with Crippen LogP contribution in [0.15, 0.2) is 0 Å². The average molecular weight is 265 g/mol. The SMILES string of the molecule is COC(=O)C(CC(C)C)NS(=O)(=O)C(C)(C)C. The van der Waals surface area contributed by atoms with Crippen molar-refractivity contribution in [2.45, 2.75) is 51.8 Å². The minimum Gasteiger partial charge on any atom is -0.468 e. The number of esters is 1. The topological polar surface area (TPSA) is 72.5 Å². The Bertz CT molecular complexity index is 354. The summed E-state index contributed by atoms with van der Waals surface area (Å²) in [7, 11) is -2.30. The number of hydrogen-bond acceptors (Lipinski definition) is 4. The summed E-state index contributed by atoms with van der Waals surface area (Å²) < 4.78 is 30.0. The van der Waals surface area contributed by atoms with Gasteiger partial charge in [-0.3, -0.25) is 4.79 Å². The summed E-state index contributed by atoms with van der Waals surface area (Å²) in [5.41, 5.74) is 0. The Kier molecular flexibility index (Phi) is 5.61. The Morgan fingerprint density at radius 2 is 1.76 bits per heavy atom. The molecule has 0 spiro atoms. The number of ether oxygens (including phenoxy) is 1. The molecule has 1 N–H and O–H groups in total. The van der Waals surface area contributed by atoms with Gasteiger partial charge in [0.25, 0.3) is 0 Å². The van der Waals surface area contributed by atoms with E-state index in [0.29, 0.717) is 6.42 Å². The van der Waals surface area contributed by atoms with Gasteiger partial charge in [-0.2, -0.15) is 0 Å². The van der Waals surface area contributed by atoms with Crippen molar-refractivity contribution in [1.29, 1.82) is 0 Å². The number of sulfonamides is 1. The normalized spacial score (nSPS) is 14.8. The van der Waals surface area contributed by atoms with E-state index >= 15 is 0 Å². The first-order valence-electron chi connectivity index (χ1n) is 5.61. The Labute approximate surface area is 104 Å². The Morgan fingerprint density at radius 1 is 1.29 bits per heavy atom. The molecule has 0 aliphatic heterocycles. The van der Waals surface area contributed by atoms with Crippen molar-refractivity contribution in [2.24, 2.45) is 5.92 Å². The van der Waals surface area contributed by atoms with E-state index in [0.717, 1.165) is 0 Å². The maximum absolute atomic E-state index is 11.9. The van der Waals surface area contributed by atoms with Gasteiger partial charge >= 0.3 is 5.97 Å². The first kappa shape index (κ1) is 16.4. The lowest BCUT2D eigenvalue weighted by molar-refractivity contribution is -0.143. The van der Waals surface area contributed by atoms with Crippen LogP contribution in [-0.4, -0.2) is 32.3 Å². The Hall–Kier alpha value is -0.620. The van der Waals surface area contributed by atoms with E-state index in [9.17, 15) is 13.2 Å². The van der Waals surface area contributed by atoms with Crippen molar-refractivity contribution in [2.75, 3.05) is 7.11 Å². The smallest absolute Gasteiger partial charge is 0.323 e. The van der Waals surface area contributed by atoms with Crippen molar-refractivity contribution in [3.63, 3.8) is 0 Å². The first-order chi connectivity index (χ1) is 7.51. The number of rotatable bonds is 5. The predicted molar refractivity (Wildman–Crippen MR) is 67.1 cm³/mol. The molecule has 102 valence electrons. The number of carbonyl (C=O) groups excluding carboxylic acids is 1. The van der Waals surface area contributed by atoms with Gasteiger partial charge in [-0.25, -0.2) is 13.1 Å². The molecule has 0 aromatic rings. The summed E-state index contributed by atoms with van der Waals surface area (Å²) in [4.78, 5) is 11.5. The lowest BCUT2D eigenvalue weighted by Crippen LogP contribution is -2.48. The summed E-state index contributed by atoms with van der Waals surface area (Å²) in [6.45, 7) is 8.58. The minimum absolute atomic E-state index is 0.196. The summed E-state index contributed by atoms with van der Waals surface area (Å²) in [5.74, 6) is -0.353. The third-order valence-corrected chi connectivity index (χ3v) is 4.50. The highest BCUT2D eigenvalue weighted by molar-refractivity contribution is 7.90. The van der Waals surface area contributed by atoms with Crippen LogP contribution in [0.2, 0.25) is 0 Å². The molecule has 0 fully saturated rings. The monoisotopic (exact) mass is 265 g/mol. The fourth-order valence-electron chi connectivity index (χ4n) is 1.17. The molecule has 0 radical (unpaired) electrons. The van der Waals surface area contributed by atoms with Crippen LogP contribution in [0.25, 0.3) is 0 Å². The van der Waals surface area contributed by atoms with E-state index in [-0.39, 0.29) is 5.92 Å². The van der Waals surface area contributed by atoms with E-state index in [1.807, 2.05) is 13.8 Å². The standard InChI is InChI=1S/C11H23NO4S/c1-8(2)7-9(10(13)16-6)12-17(14,15)11(3,4)5/h8-9,12H,7H2,1-6H3. The molecule has 0 rings (SSSR count). The molecule has 0 aromatic carbocycles. The molecular formula is C11H23NO4S. The van der Waals surface area contributed by atoms with Crippen molar-refractivity contribution in [1.82, 2.24) is 4.72 Å². The van der Waals surface area contributed by atoms with Crippen LogP contribution in [0.4, 0.5) is 0 Å². The van der Waals surface area contributed by atoms with Gasteiger partial charge in [0.1, 0.15) is 6.04 Å². The highest BCUT2D eigenvalue weighted by Crippen LogP contribution is 2.16. The summed E-state index contributed by atoms with van der Waals surface area (Å²) in [5, 5.41) is 0. The van der Waals surface area contributed by atoms with Gasteiger partial charge in [0.05, 0.1) is 11.9 Å². The van der Waals surface area contributed by atoms with E-state index < -0.39 is 26.8 Å². The van der Waals surface area contributed by atoms with Gasteiger partial charge < -0.3 is 4.74 Å². The van der Waals surface area contributed by atoms with Crippen molar-refractivity contribution in [3.05, 3.63) is 0 Å². The molecule has 0 aliphatic carbocycles. The van der Waals surface area contributed by atoms with E-state index in [1.54, 1.807) is 20.8 Å². The van der Waals surface area contributed by atoms with Gasteiger partial charge in [-0.15, -0.1) is 0 Å². The quantitative estimate of drug-likeness (QED) is 0.760. The van der Waals surface area contributed by atoms with Gasteiger partial charge in [-0.05, 0) is 33.1 Å². The molecule has 0 aliphatic rings. The van der Waals surface area contributed by atoms with Crippen LogP contribution >= 0.6 is 0 Å². The van der Waals surface area contributed by atoms with Crippen LogP contribution in [0.3, 0.4) is 0 Å². The molecule has 0 bridgehead atoms. The second-order valence-electron chi connectivity index (χ2n) is 5.44. The van der Waals surface area contributed by atoms with E-state index in [1.165, 1.54) is 7.11 Å². The summed E-state index contributed by atoms with van der Waals surface area (Å²) in [6.07, 6.45) is 0.419. The van der Waals surface area contributed by atoms with Crippen LogP contribution in [0.5, 0.6) is 0 Å². The van der Waals surface area contributed by atoms with Gasteiger partial charge in [0.15, 0.2) is 0 Å². The Morgan fingerprint density at radius 3 is 2.06 bits per heavy atom. The molecule has 1 atom stereocenters. The van der Waals surface area contributed by atoms with E-state index in [2.05, 4.69) is 9.46 Å². The van der Waals surface area contributed by atoms with Crippen LogP contribution in [0.1, 0.15) is 41.0 Å². The van der Waals surface area contributed by atoms with Crippen molar-refractivity contribution < 1.29 is 17.9 Å². The van der Waals surface area contributed by atoms with Crippen LogP contribution in [-0.2, 0) is 19.6 Å². The molecule has 0 saturated carbocycles. The second-order valence-corrected chi connectivity index (χ2v) is 7.91. The third-order valence-electron chi connectivity index (χ3n) is 2.30. The maximum Gasteiger partial charge on any atom is 0.323 e.